The summed E-state index contributed by atoms with van der Waals surface area (Å²) in [6, 6.07) is 6.21. The molecule has 0 saturated heterocycles. The Labute approximate surface area is 140 Å². The van der Waals surface area contributed by atoms with E-state index in [9.17, 15) is 23.1 Å². The van der Waals surface area contributed by atoms with E-state index >= 15 is 0 Å². The number of aromatic nitrogens is 1. The van der Waals surface area contributed by atoms with E-state index in [4.69, 9.17) is 0 Å². The molecule has 0 spiro atoms. The summed E-state index contributed by atoms with van der Waals surface area (Å²) in [6.07, 6.45) is 1.75. The van der Waals surface area contributed by atoms with Gasteiger partial charge in [-0.3, -0.25) is 4.79 Å². The molecule has 1 amide bonds. The third-order valence-corrected chi connectivity index (χ3v) is 5.88. The molecule has 1 heterocycles. The third-order valence-electron chi connectivity index (χ3n) is 3.78. The summed E-state index contributed by atoms with van der Waals surface area (Å²) in [5, 5.41) is 11.8. The molecule has 0 radical (unpaired) electrons. The minimum absolute atomic E-state index is 0.0623. The lowest BCUT2D eigenvalue weighted by atomic mass is 10.1. The van der Waals surface area contributed by atoms with Crippen molar-refractivity contribution in [2.75, 3.05) is 5.75 Å². The van der Waals surface area contributed by atoms with E-state index in [1.165, 1.54) is 13.8 Å². The number of sulfone groups is 1. The summed E-state index contributed by atoms with van der Waals surface area (Å²) in [5.74, 6) is -2.74. The smallest absolute Gasteiger partial charge is 0.326 e. The van der Waals surface area contributed by atoms with Gasteiger partial charge in [0.15, 0.2) is 9.84 Å². The Bertz CT molecular complexity index is 854. The van der Waals surface area contributed by atoms with Crippen molar-refractivity contribution >= 4 is 32.6 Å². The maximum absolute atomic E-state index is 11.9. The third kappa shape index (κ3) is 4.14. The molecule has 2 rings (SSSR count). The van der Waals surface area contributed by atoms with E-state index in [-0.39, 0.29) is 6.42 Å². The average Bonchev–Trinajstić information content (AvgIpc) is 2.89. The molecule has 24 heavy (non-hydrogen) atoms. The fourth-order valence-corrected chi connectivity index (χ4v) is 3.09. The summed E-state index contributed by atoms with van der Waals surface area (Å²) in [4.78, 5) is 26.4. The molecule has 8 heteroatoms. The first-order chi connectivity index (χ1) is 11.2. The Hall–Kier alpha value is -2.35. The van der Waals surface area contributed by atoms with Gasteiger partial charge < -0.3 is 15.4 Å². The first kappa shape index (κ1) is 18.0. The van der Waals surface area contributed by atoms with Crippen molar-refractivity contribution in [1.29, 1.82) is 0 Å². The fourth-order valence-electron chi connectivity index (χ4n) is 2.31. The van der Waals surface area contributed by atoms with Crippen molar-refractivity contribution in [3.63, 3.8) is 0 Å². The number of nitrogens with one attached hydrogen (secondary N) is 2. The zero-order valence-corrected chi connectivity index (χ0v) is 14.3. The highest BCUT2D eigenvalue weighted by molar-refractivity contribution is 7.92. The van der Waals surface area contributed by atoms with Gasteiger partial charge in [-0.15, -0.1) is 0 Å². The molecule has 1 unspecified atom stereocenters. The van der Waals surface area contributed by atoms with E-state index < -0.39 is 38.8 Å². The van der Waals surface area contributed by atoms with Gasteiger partial charge in [0.1, 0.15) is 11.8 Å². The number of hydrogen-bond acceptors (Lipinski definition) is 4. The zero-order chi connectivity index (χ0) is 17.9. The minimum Gasteiger partial charge on any atom is -0.480 e. The van der Waals surface area contributed by atoms with Gasteiger partial charge >= 0.3 is 5.97 Å². The number of H-pyrrole nitrogens is 1. The molecule has 0 saturated carbocycles. The van der Waals surface area contributed by atoms with Crippen molar-refractivity contribution in [3.8, 4) is 0 Å². The molecule has 0 bridgehead atoms. The molecular formula is C16H20N2O5S. The number of hydrogen-bond donors (Lipinski definition) is 3. The summed E-state index contributed by atoms with van der Waals surface area (Å²) >= 11 is 0. The van der Waals surface area contributed by atoms with Gasteiger partial charge in [-0.2, -0.15) is 0 Å². The summed E-state index contributed by atoms with van der Waals surface area (Å²) in [6.45, 7) is 2.95. The van der Waals surface area contributed by atoms with Gasteiger partial charge in [-0.05, 0) is 25.5 Å². The van der Waals surface area contributed by atoms with E-state index in [1.807, 2.05) is 24.3 Å². The normalized spacial score (nSPS) is 13.1. The van der Waals surface area contributed by atoms with Crippen LogP contribution in [0.3, 0.4) is 0 Å². The molecule has 0 fully saturated rings. The highest BCUT2D eigenvalue weighted by atomic mass is 32.2. The second-order valence-corrected chi connectivity index (χ2v) is 8.44. The predicted octanol–water partition coefficient (Wildman–Crippen LogP) is 1.10. The highest BCUT2D eigenvalue weighted by Crippen LogP contribution is 2.19. The van der Waals surface area contributed by atoms with Crippen LogP contribution >= 0.6 is 0 Å². The van der Waals surface area contributed by atoms with Crippen molar-refractivity contribution in [2.45, 2.75) is 31.6 Å². The lowest BCUT2D eigenvalue weighted by Crippen LogP contribution is -2.45. The van der Waals surface area contributed by atoms with Crippen molar-refractivity contribution in [2.24, 2.45) is 0 Å². The topological polar surface area (TPSA) is 116 Å². The minimum atomic E-state index is -3.58. The average molecular weight is 352 g/mol. The van der Waals surface area contributed by atoms with Gasteiger partial charge in [0.05, 0.1) is 5.25 Å². The summed E-state index contributed by atoms with van der Waals surface area (Å²) in [5.41, 5.74) is 1.61. The molecule has 0 aliphatic heterocycles. The Balaban J connectivity index is 2.13. The lowest BCUT2D eigenvalue weighted by Gasteiger charge is -2.15. The number of carbonyl (C=O) groups is 2. The quantitative estimate of drug-likeness (QED) is 0.690. The number of fused-ring (bicyclic) bond motifs is 1. The molecule has 1 aromatic carbocycles. The maximum Gasteiger partial charge on any atom is 0.326 e. The van der Waals surface area contributed by atoms with Crippen LogP contribution in [0.2, 0.25) is 0 Å². The molecule has 0 aliphatic rings. The van der Waals surface area contributed by atoms with Crippen LogP contribution in [0, 0.1) is 0 Å². The Kier molecular flexibility index (Phi) is 5.28. The van der Waals surface area contributed by atoms with Crippen molar-refractivity contribution in [3.05, 3.63) is 36.0 Å². The predicted molar refractivity (Wildman–Crippen MR) is 90.5 cm³/mol. The Morgan fingerprint density at radius 2 is 1.92 bits per heavy atom. The monoisotopic (exact) mass is 352 g/mol. The zero-order valence-electron chi connectivity index (χ0n) is 13.4. The Morgan fingerprint density at radius 3 is 2.54 bits per heavy atom. The van der Waals surface area contributed by atoms with E-state index in [2.05, 4.69) is 10.3 Å². The van der Waals surface area contributed by atoms with Crippen LogP contribution in [-0.4, -0.2) is 47.4 Å². The van der Waals surface area contributed by atoms with Gasteiger partial charge in [0.25, 0.3) is 0 Å². The largest absolute Gasteiger partial charge is 0.480 e. The number of carboxylic acids is 1. The maximum atomic E-state index is 11.9. The van der Waals surface area contributed by atoms with Crippen LogP contribution in [0.4, 0.5) is 0 Å². The van der Waals surface area contributed by atoms with Gasteiger partial charge in [-0.1, -0.05) is 18.2 Å². The standard InChI is InChI=1S/C16H20N2O5S/c1-10(2)24(22,23)9-15(19)18-14(16(20)21)7-11-8-17-13-6-4-3-5-12(11)13/h3-6,8,10,14,17H,7,9H2,1-2H3,(H,18,19)(H,20,21). The lowest BCUT2D eigenvalue weighted by molar-refractivity contribution is -0.141. The molecule has 2 aromatic rings. The van der Waals surface area contributed by atoms with Crippen LogP contribution in [0.15, 0.2) is 30.5 Å². The van der Waals surface area contributed by atoms with Crippen LogP contribution in [0.25, 0.3) is 10.9 Å². The van der Waals surface area contributed by atoms with Crippen LogP contribution in [-0.2, 0) is 25.8 Å². The van der Waals surface area contributed by atoms with Gasteiger partial charge in [0.2, 0.25) is 5.91 Å². The summed E-state index contributed by atoms with van der Waals surface area (Å²) in [7, 11) is -3.58. The van der Waals surface area contributed by atoms with E-state index in [1.54, 1.807) is 6.20 Å². The number of aromatic amines is 1. The number of para-hydroxylation sites is 1. The molecule has 3 N–H and O–H groups in total. The first-order valence-corrected chi connectivity index (χ1v) is 9.21. The molecule has 130 valence electrons. The molecule has 0 aliphatic carbocycles. The number of amides is 1. The Morgan fingerprint density at radius 1 is 1.25 bits per heavy atom. The number of aliphatic carboxylic acids is 1. The number of rotatable bonds is 7. The molecule has 1 atom stereocenters. The fraction of sp³-hybridized carbons (Fsp3) is 0.375. The molecular weight excluding hydrogens is 332 g/mol. The molecule has 7 nitrogen and oxygen atoms in total. The number of carboxylic acid groups (broad SMARTS) is 1. The number of carbonyl (C=O) groups excluding carboxylic acids is 1. The van der Waals surface area contributed by atoms with Crippen LogP contribution in [0.1, 0.15) is 19.4 Å². The van der Waals surface area contributed by atoms with Crippen LogP contribution < -0.4 is 5.32 Å². The second-order valence-electron chi connectivity index (χ2n) is 5.88. The first-order valence-electron chi connectivity index (χ1n) is 7.49. The summed E-state index contributed by atoms with van der Waals surface area (Å²) < 4.78 is 23.5. The molecule has 1 aromatic heterocycles. The van der Waals surface area contributed by atoms with Crippen molar-refractivity contribution < 1.29 is 23.1 Å². The van der Waals surface area contributed by atoms with Gasteiger partial charge in [0, 0.05) is 23.5 Å². The highest BCUT2D eigenvalue weighted by Gasteiger charge is 2.26. The number of benzene rings is 1. The second kappa shape index (κ2) is 7.04. The van der Waals surface area contributed by atoms with Crippen molar-refractivity contribution in [1.82, 2.24) is 10.3 Å². The SMILES string of the molecule is CC(C)S(=O)(=O)CC(=O)NC(Cc1c[nH]c2ccccc12)C(=O)O. The van der Waals surface area contributed by atoms with Gasteiger partial charge in [-0.25, -0.2) is 13.2 Å². The van der Waals surface area contributed by atoms with E-state index in [0.29, 0.717) is 0 Å². The van der Waals surface area contributed by atoms with E-state index in [0.717, 1.165) is 16.5 Å². The van der Waals surface area contributed by atoms with Crippen LogP contribution in [0.5, 0.6) is 0 Å².